The molecule has 0 fully saturated rings. The van der Waals surface area contributed by atoms with E-state index in [0.29, 0.717) is 18.9 Å². The quantitative estimate of drug-likeness (QED) is 0.203. The zero-order chi connectivity index (χ0) is 9.56. The van der Waals surface area contributed by atoms with Gasteiger partial charge in [-0.15, -0.1) is 18.9 Å². The second kappa shape index (κ2) is 8.53. The summed E-state index contributed by atoms with van der Waals surface area (Å²) in [6.07, 6.45) is 1.16. The normalized spacial score (nSPS) is 9.15. The van der Waals surface area contributed by atoms with Gasteiger partial charge in [-0.05, 0) is 0 Å². The van der Waals surface area contributed by atoms with Gasteiger partial charge in [0.15, 0.2) is 0 Å². The van der Waals surface area contributed by atoms with Gasteiger partial charge in [0.2, 0.25) is 0 Å². The first-order valence-electron chi connectivity index (χ1n) is 3.85. The van der Waals surface area contributed by atoms with Crippen molar-refractivity contribution >= 4 is 11.9 Å². The maximum atomic E-state index is 10.7. The fourth-order valence-electron chi connectivity index (χ4n) is 0.709. The first-order valence-corrected chi connectivity index (χ1v) is 3.85. The largest absolute Gasteiger partial charge is 1.00 e. The first-order chi connectivity index (χ1) is 5.60. The molecular weight excluding hydrogens is 183 g/mol. The topological polar surface area (TPSA) is 66.4 Å². The number of hydrogen-bond donors (Lipinski definition) is 0. The Morgan fingerprint density at radius 2 is 1.77 bits per heavy atom. The molecule has 0 unspecified atom stereocenters. The Kier molecular flexibility index (Phi) is 10.1. The van der Waals surface area contributed by atoms with Crippen LogP contribution in [0.2, 0.25) is 0 Å². The zero-order valence-corrected chi connectivity index (χ0v) is 10.3. The molecule has 0 aliphatic carbocycles. The van der Waals surface area contributed by atoms with Gasteiger partial charge in [-0.1, -0.05) is 13.8 Å². The molecule has 0 saturated carbocycles. The van der Waals surface area contributed by atoms with E-state index in [2.05, 4.69) is 0 Å². The summed E-state index contributed by atoms with van der Waals surface area (Å²) in [7, 11) is 0. The van der Waals surface area contributed by atoms with Crippen LogP contribution in [0.15, 0.2) is 0 Å². The minimum atomic E-state index is -1.41. The molecule has 0 aliphatic heterocycles. The van der Waals surface area contributed by atoms with Crippen LogP contribution in [0.1, 0.15) is 33.1 Å². The average molecular weight is 195 g/mol. The molecule has 0 saturated heterocycles. The van der Waals surface area contributed by atoms with Gasteiger partial charge >= 0.3 is 29.6 Å². The standard InChI is InChI=1S/C8H13O4.Na/c1-3-6(4-2)12-8(11)5-7(9)10;/h3-5H2,1-2H3,(H,9,10);/q-1;+1/p-1. The van der Waals surface area contributed by atoms with E-state index in [4.69, 9.17) is 4.74 Å². The van der Waals surface area contributed by atoms with Crippen LogP contribution in [0.4, 0.5) is 0 Å². The van der Waals surface area contributed by atoms with E-state index in [-0.39, 0.29) is 29.6 Å². The Labute approximate surface area is 99.9 Å². The van der Waals surface area contributed by atoms with Gasteiger partial charge in [-0.2, -0.15) is 0 Å². The van der Waals surface area contributed by atoms with E-state index in [1.165, 1.54) is 0 Å². The molecule has 0 aliphatic rings. The number of carboxylic acid groups (broad SMARTS) is 1. The number of rotatable bonds is 5. The van der Waals surface area contributed by atoms with Crippen LogP contribution in [0.3, 0.4) is 0 Å². The van der Waals surface area contributed by atoms with Gasteiger partial charge in [-0.25, -0.2) is 0 Å². The number of carbonyl (C=O) groups excluding carboxylic acids is 2. The molecule has 0 bridgehead atoms. The third-order valence-electron chi connectivity index (χ3n) is 1.34. The number of aliphatic carboxylic acids is 1. The molecule has 0 atom stereocenters. The number of carbonyl (C=O) groups is 2. The third kappa shape index (κ3) is 8.28. The summed E-state index contributed by atoms with van der Waals surface area (Å²) in [6.45, 7) is 3.68. The molecule has 0 aromatic rings. The summed E-state index contributed by atoms with van der Waals surface area (Å²) in [5, 5.41) is 9.95. The molecular formula is C8H12NaO4-. The Morgan fingerprint density at radius 3 is 2.08 bits per heavy atom. The summed E-state index contributed by atoms with van der Waals surface area (Å²) in [4.78, 5) is 20.7. The monoisotopic (exact) mass is 195 g/mol. The second-order valence-corrected chi connectivity index (χ2v) is 2.27. The van der Waals surface area contributed by atoms with E-state index >= 15 is 0 Å². The van der Waals surface area contributed by atoms with E-state index in [9.17, 15) is 14.7 Å². The van der Waals surface area contributed by atoms with Crippen LogP contribution in [0.25, 0.3) is 0 Å². The predicted molar refractivity (Wildman–Crippen MR) is 39.5 cm³/mol. The van der Waals surface area contributed by atoms with Crippen LogP contribution in [-0.2, 0) is 14.3 Å². The molecule has 0 aromatic heterocycles. The van der Waals surface area contributed by atoms with Gasteiger partial charge < -0.3 is 14.6 Å². The van der Waals surface area contributed by atoms with Crippen molar-refractivity contribution in [1.29, 1.82) is 0 Å². The van der Waals surface area contributed by atoms with Crippen molar-refractivity contribution in [3.8, 4) is 0 Å². The van der Waals surface area contributed by atoms with E-state index < -0.39 is 18.4 Å². The van der Waals surface area contributed by atoms with Crippen LogP contribution in [-0.4, -0.2) is 11.9 Å². The molecule has 0 heterocycles. The van der Waals surface area contributed by atoms with Crippen LogP contribution in [0.5, 0.6) is 0 Å². The van der Waals surface area contributed by atoms with Crippen molar-refractivity contribution in [3.05, 3.63) is 6.10 Å². The minimum absolute atomic E-state index is 0. The molecule has 0 spiro atoms. The van der Waals surface area contributed by atoms with Crippen molar-refractivity contribution < 1.29 is 49.0 Å². The van der Waals surface area contributed by atoms with Crippen molar-refractivity contribution in [2.45, 2.75) is 33.1 Å². The first kappa shape index (κ1) is 15.4. The number of ether oxygens (including phenoxy) is 1. The van der Waals surface area contributed by atoms with Crippen molar-refractivity contribution in [1.82, 2.24) is 0 Å². The zero-order valence-electron chi connectivity index (χ0n) is 8.25. The number of esters is 1. The smallest absolute Gasteiger partial charge is 0.634 e. The molecule has 0 amide bonds. The molecule has 0 rings (SSSR count). The van der Waals surface area contributed by atoms with Gasteiger partial charge in [0, 0.05) is 0 Å². The summed E-state index contributed by atoms with van der Waals surface area (Å²) in [5.41, 5.74) is 0. The SMILES string of the molecule is CC[C-](CC)OC(=O)CC(=O)[O-].[Na+]. The van der Waals surface area contributed by atoms with Gasteiger partial charge in [0.25, 0.3) is 5.97 Å². The maximum absolute atomic E-state index is 10.7. The molecule has 5 heteroatoms. The fourth-order valence-corrected chi connectivity index (χ4v) is 0.709. The Hall–Kier alpha value is -0.0600. The van der Waals surface area contributed by atoms with Gasteiger partial charge in [-0.3, -0.25) is 4.79 Å². The van der Waals surface area contributed by atoms with E-state index in [1.54, 1.807) is 0 Å². The third-order valence-corrected chi connectivity index (χ3v) is 1.34. The number of hydrogen-bond acceptors (Lipinski definition) is 4. The molecule has 13 heavy (non-hydrogen) atoms. The molecule has 70 valence electrons. The summed E-state index contributed by atoms with van der Waals surface area (Å²) in [6, 6.07) is 0. The molecule has 0 radical (unpaired) electrons. The predicted octanol–water partition coefficient (Wildman–Crippen LogP) is -2.97. The fraction of sp³-hybridized carbons (Fsp3) is 0.625. The Morgan fingerprint density at radius 1 is 1.31 bits per heavy atom. The molecule has 4 nitrogen and oxygen atoms in total. The summed E-state index contributed by atoms with van der Waals surface area (Å²) < 4.78 is 4.72. The Balaban J connectivity index is 0. The van der Waals surface area contributed by atoms with Crippen LogP contribution >= 0.6 is 0 Å². The van der Waals surface area contributed by atoms with Crippen molar-refractivity contribution in [2.75, 3.05) is 0 Å². The average Bonchev–Trinajstić information content (AvgIpc) is 1.98. The summed E-state index contributed by atoms with van der Waals surface area (Å²) in [5.74, 6) is -2.17. The van der Waals surface area contributed by atoms with Crippen molar-refractivity contribution in [3.63, 3.8) is 0 Å². The Bertz CT molecular complexity index is 166. The molecule has 0 N–H and O–H groups in total. The molecule has 0 aromatic carbocycles. The van der Waals surface area contributed by atoms with Crippen LogP contribution < -0.4 is 34.7 Å². The summed E-state index contributed by atoms with van der Waals surface area (Å²) >= 11 is 0. The van der Waals surface area contributed by atoms with Gasteiger partial charge in [0.05, 0.1) is 12.4 Å². The van der Waals surface area contributed by atoms with Crippen molar-refractivity contribution in [2.24, 2.45) is 0 Å². The second-order valence-electron chi connectivity index (χ2n) is 2.27. The minimum Gasteiger partial charge on any atom is -0.634 e. The van der Waals surface area contributed by atoms with Crippen LogP contribution in [0, 0.1) is 6.10 Å². The van der Waals surface area contributed by atoms with E-state index in [1.807, 2.05) is 13.8 Å². The van der Waals surface area contributed by atoms with E-state index in [0.717, 1.165) is 0 Å². The van der Waals surface area contributed by atoms with Gasteiger partial charge in [0.1, 0.15) is 0 Å². The maximum Gasteiger partial charge on any atom is 1.00 e. The number of carboxylic acids is 1.